The van der Waals surface area contributed by atoms with Crippen LogP contribution in [-0.4, -0.2) is 34.6 Å². The lowest BCUT2D eigenvalue weighted by Gasteiger charge is -2.29. The van der Waals surface area contributed by atoms with Crippen LogP contribution in [0.3, 0.4) is 0 Å². The third-order valence-corrected chi connectivity index (χ3v) is 6.78. The lowest BCUT2D eigenvalue weighted by atomic mass is 9.98. The molecular weight excluding hydrogens is 398 g/mol. The molecule has 0 saturated heterocycles. The van der Waals surface area contributed by atoms with Gasteiger partial charge in [0.05, 0.1) is 18.8 Å². The summed E-state index contributed by atoms with van der Waals surface area (Å²) in [6.45, 7) is 6.72. The van der Waals surface area contributed by atoms with Crippen molar-refractivity contribution >= 4 is 17.3 Å². The third-order valence-electron chi connectivity index (χ3n) is 5.01. The van der Waals surface area contributed by atoms with Crippen LogP contribution in [0.2, 0.25) is 0 Å². The Labute approximate surface area is 178 Å². The zero-order valence-corrected chi connectivity index (χ0v) is 17.9. The number of rotatable bonds is 4. The molecule has 2 aromatic heterocycles. The van der Waals surface area contributed by atoms with Crippen LogP contribution in [0.4, 0.5) is 0 Å². The summed E-state index contributed by atoms with van der Waals surface area (Å²) in [5.74, 6) is -1.07. The number of carboxylic acid groups (broad SMARTS) is 1. The van der Waals surface area contributed by atoms with Crippen LogP contribution in [0.1, 0.15) is 42.4 Å². The molecule has 3 aromatic rings. The molecule has 30 heavy (non-hydrogen) atoms. The van der Waals surface area contributed by atoms with Gasteiger partial charge >= 0.3 is 5.97 Å². The first-order valence-electron chi connectivity index (χ1n) is 9.68. The average molecular weight is 422 g/mol. The van der Waals surface area contributed by atoms with Crippen molar-refractivity contribution in [3.05, 3.63) is 71.7 Å². The molecule has 1 unspecified atom stereocenters. The summed E-state index contributed by atoms with van der Waals surface area (Å²) in [5, 5.41) is 9.58. The molecule has 1 N–H and O–H groups in total. The maximum Gasteiger partial charge on any atom is 0.354 e. The van der Waals surface area contributed by atoms with Gasteiger partial charge < -0.3 is 9.66 Å². The number of benzene rings is 1. The second kappa shape index (κ2) is 7.83. The fourth-order valence-corrected chi connectivity index (χ4v) is 4.87. The van der Waals surface area contributed by atoms with Gasteiger partial charge in [0.1, 0.15) is 10.4 Å². The van der Waals surface area contributed by atoms with E-state index in [1.54, 1.807) is 18.5 Å². The monoisotopic (exact) mass is 421 g/mol. The summed E-state index contributed by atoms with van der Waals surface area (Å²) in [7, 11) is 0. The number of hydrogen-bond donors (Lipinski definition) is 1. The molecule has 154 valence electrons. The fourth-order valence-electron chi connectivity index (χ4n) is 3.60. The number of nitrogens with zero attached hydrogens (tertiary/aromatic N) is 3. The van der Waals surface area contributed by atoms with Gasteiger partial charge in [0.25, 0.3) is 0 Å². The SMILES string of the molecule is CC(C)(C)[S+]([O-])N1Cc2cc(C(=O)O)nc(-c3cccc(-c4cccnc4)c3)c2C1. The van der Waals surface area contributed by atoms with Crippen molar-refractivity contribution in [1.29, 1.82) is 0 Å². The van der Waals surface area contributed by atoms with E-state index in [0.29, 0.717) is 18.8 Å². The Morgan fingerprint density at radius 3 is 2.50 bits per heavy atom. The topological polar surface area (TPSA) is 89.4 Å². The summed E-state index contributed by atoms with van der Waals surface area (Å²) in [6, 6.07) is 13.3. The number of fused-ring (bicyclic) bond motifs is 1. The van der Waals surface area contributed by atoms with Crippen LogP contribution < -0.4 is 0 Å². The predicted octanol–water partition coefficient (Wildman–Crippen LogP) is 4.29. The molecule has 1 aliphatic rings. The molecule has 0 bridgehead atoms. The van der Waals surface area contributed by atoms with E-state index >= 15 is 0 Å². The second-order valence-electron chi connectivity index (χ2n) is 8.28. The first-order valence-corrected chi connectivity index (χ1v) is 10.8. The van der Waals surface area contributed by atoms with Gasteiger partial charge in [-0.3, -0.25) is 4.98 Å². The van der Waals surface area contributed by atoms with E-state index in [2.05, 4.69) is 9.97 Å². The van der Waals surface area contributed by atoms with Gasteiger partial charge in [-0.15, -0.1) is 4.31 Å². The Balaban J connectivity index is 1.80. The molecule has 1 aromatic carbocycles. The summed E-state index contributed by atoms with van der Waals surface area (Å²) in [6.07, 6.45) is 3.51. The predicted molar refractivity (Wildman–Crippen MR) is 117 cm³/mol. The quantitative estimate of drug-likeness (QED) is 0.632. The maximum atomic E-state index is 12.9. The minimum atomic E-state index is -1.21. The van der Waals surface area contributed by atoms with E-state index in [1.807, 2.05) is 61.5 Å². The van der Waals surface area contributed by atoms with Gasteiger partial charge in [-0.1, -0.05) is 24.3 Å². The van der Waals surface area contributed by atoms with Crippen LogP contribution in [0.25, 0.3) is 22.4 Å². The summed E-state index contributed by atoms with van der Waals surface area (Å²) in [5.41, 5.74) is 5.20. The van der Waals surface area contributed by atoms with E-state index in [4.69, 9.17) is 0 Å². The number of pyridine rings is 2. The highest BCUT2D eigenvalue weighted by Crippen LogP contribution is 2.37. The fraction of sp³-hybridized carbons (Fsp3) is 0.261. The molecule has 3 heterocycles. The zero-order valence-electron chi connectivity index (χ0n) is 17.1. The number of hydrogen-bond acceptors (Lipinski definition) is 5. The standard InChI is InChI=1S/C23H23N3O3S/c1-23(2,3)30(29)26-13-18-11-20(22(27)28)25-21(19(18)14-26)16-7-4-6-15(10-16)17-8-5-9-24-12-17/h4-12H,13-14H2,1-3H3,(H,27,28). The minimum absolute atomic E-state index is 0.000998. The normalized spacial score (nSPS) is 15.1. The molecule has 7 heteroatoms. The number of carbonyl (C=O) groups is 1. The Hall–Kier alpha value is -2.74. The van der Waals surface area contributed by atoms with Gasteiger partial charge in [-0.25, -0.2) is 9.78 Å². The molecule has 0 saturated carbocycles. The highest BCUT2D eigenvalue weighted by Gasteiger charge is 2.38. The van der Waals surface area contributed by atoms with Crippen LogP contribution in [0, 0.1) is 0 Å². The Morgan fingerprint density at radius 2 is 1.83 bits per heavy atom. The smallest absolute Gasteiger partial charge is 0.354 e. The first kappa shape index (κ1) is 20.5. The average Bonchev–Trinajstić information content (AvgIpc) is 3.16. The molecule has 0 aliphatic carbocycles. The van der Waals surface area contributed by atoms with Crippen LogP contribution >= 0.6 is 0 Å². The number of aromatic nitrogens is 2. The molecule has 0 radical (unpaired) electrons. The highest BCUT2D eigenvalue weighted by atomic mass is 32.2. The van der Waals surface area contributed by atoms with Gasteiger partial charge in [-0.2, -0.15) is 0 Å². The second-order valence-corrected chi connectivity index (χ2v) is 10.5. The maximum absolute atomic E-state index is 12.9. The molecule has 0 fully saturated rings. The van der Waals surface area contributed by atoms with Crippen molar-refractivity contribution in [3.8, 4) is 22.4 Å². The van der Waals surface area contributed by atoms with Crippen LogP contribution in [0.5, 0.6) is 0 Å². The van der Waals surface area contributed by atoms with E-state index in [-0.39, 0.29) is 5.69 Å². The van der Waals surface area contributed by atoms with E-state index in [1.165, 1.54) is 0 Å². The van der Waals surface area contributed by atoms with Gasteiger partial charge in [0.2, 0.25) is 0 Å². The third kappa shape index (κ3) is 3.96. The molecule has 4 rings (SSSR count). The Morgan fingerprint density at radius 1 is 1.10 bits per heavy atom. The largest absolute Gasteiger partial charge is 0.597 e. The Bertz CT molecular complexity index is 1100. The molecule has 1 atom stereocenters. The molecule has 0 amide bonds. The van der Waals surface area contributed by atoms with Gasteiger partial charge in [0, 0.05) is 40.4 Å². The number of carboxylic acids is 1. The van der Waals surface area contributed by atoms with Crippen LogP contribution in [0.15, 0.2) is 54.9 Å². The number of aromatic carboxylic acids is 1. The highest BCUT2D eigenvalue weighted by molar-refractivity contribution is 7.90. The van der Waals surface area contributed by atoms with E-state index in [0.717, 1.165) is 27.8 Å². The van der Waals surface area contributed by atoms with Crippen molar-refractivity contribution in [1.82, 2.24) is 14.3 Å². The summed E-state index contributed by atoms with van der Waals surface area (Å²) < 4.78 is 14.4. The van der Waals surface area contributed by atoms with Gasteiger partial charge in [0.15, 0.2) is 0 Å². The van der Waals surface area contributed by atoms with Gasteiger partial charge in [-0.05, 0) is 50.1 Å². The molecular formula is C23H23N3O3S. The van der Waals surface area contributed by atoms with Crippen molar-refractivity contribution < 1.29 is 14.5 Å². The van der Waals surface area contributed by atoms with Crippen molar-refractivity contribution in [3.63, 3.8) is 0 Å². The summed E-state index contributed by atoms with van der Waals surface area (Å²) >= 11 is -1.21. The summed E-state index contributed by atoms with van der Waals surface area (Å²) in [4.78, 5) is 20.3. The molecule has 1 aliphatic heterocycles. The first-order chi connectivity index (χ1) is 14.2. The van der Waals surface area contributed by atoms with Crippen molar-refractivity contribution in [2.75, 3.05) is 0 Å². The van der Waals surface area contributed by atoms with Crippen LogP contribution in [-0.2, 0) is 24.5 Å². The lowest BCUT2D eigenvalue weighted by Crippen LogP contribution is -2.40. The van der Waals surface area contributed by atoms with Crippen molar-refractivity contribution in [2.24, 2.45) is 0 Å². The minimum Gasteiger partial charge on any atom is -0.597 e. The molecule has 0 spiro atoms. The lowest BCUT2D eigenvalue weighted by molar-refractivity contribution is 0.0690. The van der Waals surface area contributed by atoms with E-state index < -0.39 is 22.1 Å². The van der Waals surface area contributed by atoms with E-state index in [9.17, 15) is 14.5 Å². The van der Waals surface area contributed by atoms with Crippen molar-refractivity contribution in [2.45, 2.75) is 38.6 Å². The molecule has 6 nitrogen and oxygen atoms in total. The zero-order chi connectivity index (χ0) is 21.5. The Kier molecular flexibility index (Phi) is 5.36.